The molecule has 5 heteroatoms. The van der Waals surface area contributed by atoms with Crippen LogP contribution < -0.4 is 10.2 Å². The second kappa shape index (κ2) is 8.17. The number of aryl methyl sites for hydroxylation is 1. The zero-order valence-corrected chi connectivity index (χ0v) is 14.7. The zero-order valence-electron chi connectivity index (χ0n) is 13.1. The molecule has 0 heterocycles. The summed E-state index contributed by atoms with van der Waals surface area (Å²) in [6.07, 6.45) is 0.932. The Hall–Kier alpha value is -1.36. The Kier molecular flexibility index (Phi) is 6.89. The topological polar surface area (TPSA) is 49.4 Å². The Morgan fingerprint density at radius 3 is 2.52 bits per heavy atom. The summed E-state index contributed by atoms with van der Waals surface area (Å²) in [6, 6.07) is 5.63. The number of nitrogens with zero attached hydrogens (tertiary/aromatic N) is 1. The molecule has 0 unspecified atom stereocenters. The van der Waals surface area contributed by atoms with E-state index in [0.717, 1.165) is 22.1 Å². The molecular formula is C16H23BrN2O2. The van der Waals surface area contributed by atoms with E-state index in [1.807, 2.05) is 25.1 Å². The van der Waals surface area contributed by atoms with E-state index in [1.165, 1.54) is 11.8 Å². The molecule has 0 saturated carbocycles. The Balaban J connectivity index is 2.71. The molecule has 1 rings (SSSR count). The van der Waals surface area contributed by atoms with Gasteiger partial charge in [0.2, 0.25) is 11.8 Å². The summed E-state index contributed by atoms with van der Waals surface area (Å²) in [5.41, 5.74) is 1.81. The van der Waals surface area contributed by atoms with E-state index in [-0.39, 0.29) is 18.4 Å². The SMILES string of the molecule is CC(=O)N(CC(=O)NCCC(C)C)c1ccc(C)c(Br)c1. The van der Waals surface area contributed by atoms with Gasteiger partial charge in [-0.1, -0.05) is 35.8 Å². The lowest BCUT2D eigenvalue weighted by Crippen LogP contribution is -2.40. The maximum absolute atomic E-state index is 11.9. The molecule has 116 valence electrons. The molecule has 0 aliphatic heterocycles. The van der Waals surface area contributed by atoms with Crippen LogP contribution in [0.25, 0.3) is 0 Å². The lowest BCUT2D eigenvalue weighted by atomic mass is 10.1. The first-order valence-electron chi connectivity index (χ1n) is 7.12. The summed E-state index contributed by atoms with van der Waals surface area (Å²) < 4.78 is 0.923. The van der Waals surface area contributed by atoms with Crippen LogP contribution >= 0.6 is 15.9 Å². The third-order valence-corrected chi connectivity index (χ3v) is 4.05. The summed E-state index contributed by atoms with van der Waals surface area (Å²) in [6.45, 7) is 8.35. The molecule has 2 amide bonds. The standard InChI is InChI=1S/C16H23BrN2O2/c1-11(2)7-8-18-16(21)10-19(13(4)20)14-6-5-12(3)15(17)9-14/h5-6,9,11H,7-8,10H2,1-4H3,(H,18,21). The molecule has 21 heavy (non-hydrogen) atoms. The van der Waals surface area contributed by atoms with Crippen molar-refractivity contribution in [2.45, 2.75) is 34.1 Å². The van der Waals surface area contributed by atoms with Crippen molar-refractivity contribution in [2.24, 2.45) is 5.92 Å². The highest BCUT2D eigenvalue weighted by molar-refractivity contribution is 9.10. The molecular weight excluding hydrogens is 332 g/mol. The van der Waals surface area contributed by atoms with Gasteiger partial charge in [-0.25, -0.2) is 0 Å². The number of amides is 2. The maximum Gasteiger partial charge on any atom is 0.240 e. The number of hydrogen-bond donors (Lipinski definition) is 1. The zero-order chi connectivity index (χ0) is 16.0. The first-order valence-corrected chi connectivity index (χ1v) is 7.91. The van der Waals surface area contributed by atoms with E-state index in [4.69, 9.17) is 0 Å². The summed E-state index contributed by atoms with van der Waals surface area (Å²) in [5, 5.41) is 2.85. The first-order chi connectivity index (χ1) is 9.81. The molecule has 0 radical (unpaired) electrons. The van der Waals surface area contributed by atoms with Gasteiger partial charge in [0.05, 0.1) is 0 Å². The highest BCUT2D eigenvalue weighted by Crippen LogP contribution is 2.23. The van der Waals surface area contributed by atoms with Gasteiger partial charge in [0.15, 0.2) is 0 Å². The molecule has 0 aliphatic rings. The highest BCUT2D eigenvalue weighted by atomic mass is 79.9. The Labute approximate surface area is 135 Å². The maximum atomic E-state index is 11.9. The van der Waals surface area contributed by atoms with E-state index in [2.05, 4.69) is 35.1 Å². The van der Waals surface area contributed by atoms with Gasteiger partial charge in [0.1, 0.15) is 6.54 Å². The van der Waals surface area contributed by atoms with Gasteiger partial charge in [0, 0.05) is 23.6 Å². The molecule has 0 spiro atoms. The molecule has 1 aromatic carbocycles. The van der Waals surface area contributed by atoms with Crippen LogP contribution in [0, 0.1) is 12.8 Å². The van der Waals surface area contributed by atoms with E-state index < -0.39 is 0 Å². The van der Waals surface area contributed by atoms with E-state index in [0.29, 0.717) is 12.5 Å². The largest absolute Gasteiger partial charge is 0.355 e. The normalized spacial score (nSPS) is 10.6. The van der Waals surface area contributed by atoms with E-state index in [9.17, 15) is 9.59 Å². The van der Waals surface area contributed by atoms with Gasteiger partial charge in [-0.15, -0.1) is 0 Å². The fraction of sp³-hybridized carbons (Fsp3) is 0.500. The van der Waals surface area contributed by atoms with Crippen LogP contribution in [0.2, 0.25) is 0 Å². The fourth-order valence-electron chi connectivity index (χ4n) is 1.83. The number of nitrogens with one attached hydrogen (secondary N) is 1. The van der Waals surface area contributed by atoms with Gasteiger partial charge in [-0.2, -0.15) is 0 Å². The first kappa shape index (κ1) is 17.7. The van der Waals surface area contributed by atoms with Crippen molar-refractivity contribution in [3.8, 4) is 0 Å². The summed E-state index contributed by atoms with van der Waals surface area (Å²) in [4.78, 5) is 25.2. The minimum Gasteiger partial charge on any atom is -0.355 e. The Bertz CT molecular complexity index is 515. The van der Waals surface area contributed by atoms with Crippen molar-refractivity contribution in [3.05, 3.63) is 28.2 Å². The average Bonchev–Trinajstić information content (AvgIpc) is 2.38. The van der Waals surface area contributed by atoms with E-state index >= 15 is 0 Å². The minimum absolute atomic E-state index is 0.0446. The number of anilines is 1. The third kappa shape index (κ3) is 5.87. The number of halogens is 1. The number of hydrogen-bond acceptors (Lipinski definition) is 2. The predicted molar refractivity (Wildman–Crippen MR) is 89.4 cm³/mol. The Morgan fingerprint density at radius 2 is 2.00 bits per heavy atom. The number of benzene rings is 1. The van der Waals surface area contributed by atoms with Crippen LogP contribution in [-0.4, -0.2) is 24.9 Å². The molecule has 4 nitrogen and oxygen atoms in total. The van der Waals surface area contributed by atoms with Crippen LogP contribution in [0.1, 0.15) is 32.8 Å². The Morgan fingerprint density at radius 1 is 1.33 bits per heavy atom. The van der Waals surface area contributed by atoms with Crippen molar-refractivity contribution in [3.63, 3.8) is 0 Å². The number of carbonyl (C=O) groups is 2. The third-order valence-electron chi connectivity index (χ3n) is 3.19. The molecule has 0 saturated heterocycles. The molecule has 0 aliphatic carbocycles. The lowest BCUT2D eigenvalue weighted by molar-refractivity contribution is -0.123. The van der Waals surface area contributed by atoms with E-state index in [1.54, 1.807) is 0 Å². The van der Waals surface area contributed by atoms with Crippen LogP contribution in [-0.2, 0) is 9.59 Å². The van der Waals surface area contributed by atoms with Crippen LogP contribution in [0.3, 0.4) is 0 Å². The monoisotopic (exact) mass is 354 g/mol. The highest BCUT2D eigenvalue weighted by Gasteiger charge is 2.16. The van der Waals surface area contributed by atoms with Crippen molar-refractivity contribution in [2.75, 3.05) is 18.0 Å². The molecule has 0 atom stereocenters. The summed E-state index contributed by atoms with van der Waals surface area (Å²) in [7, 11) is 0. The summed E-state index contributed by atoms with van der Waals surface area (Å²) >= 11 is 3.45. The smallest absolute Gasteiger partial charge is 0.240 e. The molecule has 0 bridgehead atoms. The van der Waals surface area contributed by atoms with Crippen LogP contribution in [0.4, 0.5) is 5.69 Å². The van der Waals surface area contributed by atoms with Crippen LogP contribution in [0.15, 0.2) is 22.7 Å². The van der Waals surface area contributed by atoms with Gasteiger partial charge in [0.25, 0.3) is 0 Å². The van der Waals surface area contributed by atoms with Gasteiger partial charge < -0.3 is 10.2 Å². The second-order valence-electron chi connectivity index (χ2n) is 5.57. The van der Waals surface area contributed by atoms with Crippen LogP contribution in [0.5, 0.6) is 0 Å². The fourth-order valence-corrected chi connectivity index (χ4v) is 2.20. The molecule has 0 aromatic heterocycles. The van der Waals surface area contributed by atoms with Gasteiger partial charge >= 0.3 is 0 Å². The summed E-state index contributed by atoms with van der Waals surface area (Å²) in [5.74, 6) is 0.259. The van der Waals surface area contributed by atoms with Gasteiger partial charge in [-0.3, -0.25) is 9.59 Å². The van der Waals surface area contributed by atoms with Gasteiger partial charge in [-0.05, 0) is 37.0 Å². The van der Waals surface area contributed by atoms with Crippen molar-refractivity contribution >= 4 is 33.4 Å². The quantitative estimate of drug-likeness (QED) is 0.852. The molecule has 1 aromatic rings. The predicted octanol–water partition coefficient (Wildman–Crippen LogP) is 3.27. The van der Waals surface area contributed by atoms with Crippen molar-refractivity contribution < 1.29 is 9.59 Å². The number of carbonyl (C=O) groups excluding carboxylic acids is 2. The molecule has 1 N–H and O–H groups in total. The number of rotatable bonds is 6. The van der Waals surface area contributed by atoms with Crippen molar-refractivity contribution in [1.82, 2.24) is 5.32 Å². The minimum atomic E-state index is -0.148. The average molecular weight is 355 g/mol. The molecule has 0 fully saturated rings. The lowest BCUT2D eigenvalue weighted by Gasteiger charge is -2.21. The van der Waals surface area contributed by atoms with Crippen molar-refractivity contribution in [1.29, 1.82) is 0 Å². The second-order valence-corrected chi connectivity index (χ2v) is 6.43.